The van der Waals surface area contributed by atoms with Crippen molar-refractivity contribution in [1.82, 2.24) is 0 Å². The van der Waals surface area contributed by atoms with Crippen LogP contribution in [-0.2, 0) is 0 Å². The Hall–Kier alpha value is -4.58. The number of ether oxygens (including phenoxy) is 3. The summed E-state index contributed by atoms with van der Waals surface area (Å²) in [6, 6.07) is 29.7. The van der Waals surface area contributed by atoms with E-state index in [4.69, 9.17) is 14.2 Å². The van der Waals surface area contributed by atoms with Crippen LogP contribution in [0.3, 0.4) is 0 Å². The summed E-state index contributed by atoms with van der Waals surface area (Å²) in [4.78, 5) is 24.8. The van der Waals surface area contributed by atoms with Crippen molar-refractivity contribution in [2.75, 3.05) is 13.2 Å². The highest BCUT2D eigenvalue weighted by Crippen LogP contribution is 2.26. The summed E-state index contributed by atoms with van der Waals surface area (Å²) in [6.45, 7) is 1.19. The fraction of sp³-hybridized carbons (Fsp3) is 0.235. The van der Waals surface area contributed by atoms with E-state index in [2.05, 4.69) is 0 Å². The van der Waals surface area contributed by atoms with Gasteiger partial charge in [-0.05, 0) is 61.4 Å². The molecule has 6 heteroatoms. The third kappa shape index (κ3) is 8.73. The van der Waals surface area contributed by atoms with E-state index < -0.39 is 5.97 Å². The Kier molecular flexibility index (Phi) is 10.7. The van der Waals surface area contributed by atoms with E-state index >= 15 is 0 Å². The predicted octanol–water partition coefficient (Wildman–Crippen LogP) is 7.64. The monoisotopic (exact) mass is 538 g/mol. The lowest BCUT2D eigenvalue weighted by Gasteiger charge is -2.09. The highest BCUT2D eigenvalue weighted by molar-refractivity contribution is 6.10. The SMILES string of the molecule is O=C(Oc1ccccc1)c1ccc(OCCCCCCCCOc2ccc(C(=O)c3ccccc3)c(O)c2)cc1. The van der Waals surface area contributed by atoms with Crippen LogP contribution in [0.25, 0.3) is 0 Å². The number of phenolic OH excluding ortho intramolecular Hbond substituents is 1. The van der Waals surface area contributed by atoms with Crippen molar-refractivity contribution in [3.05, 3.63) is 120 Å². The van der Waals surface area contributed by atoms with Gasteiger partial charge in [0, 0.05) is 11.6 Å². The maximum absolute atomic E-state index is 12.5. The molecule has 40 heavy (non-hydrogen) atoms. The van der Waals surface area contributed by atoms with Crippen LogP contribution in [0, 0.1) is 0 Å². The fourth-order valence-corrected chi connectivity index (χ4v) is 4.17. The fourth-order valence-electron chi connectivity index (χ4n) is 4.17. The summed E-state index contributed by atoms with van der Waals surface area (Å²) in [5, 5.41) is 10.3. The highest BCUT2D eigenvalue weighted by Gasteiger charge is 2.14. The number of benzene rings is 4. The van der Waals surface area contributed by atoms with Gasteiger partial charge in [0.25, 0.3) is 0 Å². The molecule has 0 radical (unpaired) electrons. The molecule has 206 valence electrons. The van der Waals surface area contributed by atoms with E-state index in [-0.39, 0.29) is 17.1 Å². The van der Waals surface area contributed by atoms with Gasteiger partial charge in [0.1, 0.15) is 23.0 Å². The second-order valence-electron chi connectivity index (χ2n) is 9.42. The molecule has 0 saturated carbocycles. The van der Waals surface area contributed by atoms with Crippen LogP contribution < -0.4 is 14.2 Å². The minimum atomic E-state index is -0.394. The summed E-state index contributed by atoms with van der Waals surface area (Å²) in [5.41, 5.74) is 1.28. The van der Waals surface area contributed by atoms with Gasteiger partial charge in [-0.25, -0.2) is 4.79 Å². The summed E-state index contributed by atoms with van der Waals surface area (Å²) in [5.74, 6) is 1.12. The summed E-state index contributed by atoms with van der Waals surface area (Å²) >= 11 is 0. The summed E-state index contributed by atoms with van der Waals surface area (Å²) < 4.78 is 16.9. The van der Waals surface area contributed by atoms with Crippen LogP contribution >= 0.6 is 0 Å². The molecule has 0 aliphatic heterocycles. The third-order valence-corrected chi connectivity index (χ3v) is 6.37. The average Bonchev–Trinajstić information content (AvgIpc) is 2.99. The quantitative estimate of drug-likeness (QED) is 0.0725. The van der Waals surface area contributed by atoms with Crippen molar-refractivity contribution in [1.29, 1.82) is 0 Å². The first-order valence-electron chi connectivity index (χ1n) is 13.7. The summed E-state index contributed by atoms with van der Waals surface area (Å²) in [7, 11) is 0. The van der Waals surface area contributed by atoms with Gasteiger partial charge in [-0.1, -0.05) is 74.2 Å². The molecule has 0 aliphatic rings. The molecule has 4 aromatic rings. The number of ketones is 1. The number of hydrogen-bond acceptors (Lipinski definition) is 6. The Morgan fingerprint density at radius 3 is 1.73 bits per heavy atom. The highest BCUT2D eigenvalue weighted by atomic mass is 16.5. The molecule has 0 atom stereocenters. The summed E-state index contributed by atoms with van der Waals surface area (Å²) in [6.07, 6.45) is 6.23. The molecular weight excluding hydrogens is 504 g/mol. The van der Waals surface area contributed by atoms with Gasteiger partial charge in [0.15, 0.2) is 5.78 Å². The maximum atomic E-state index is 12.5. The molecule has 4 aromatic carbocycles. The third-order valence-electron chi connectivity index (χ3n) is 6.37. The zero-order chi connectivity index (χ0) is 28.0. The van der Waals surface area contributed by atoms with Crippen molar-refractivity contribution >= 4 is 11.8 Å². The number of phenols is 1. The molecule has 0 amide bonds. The van der Waals surface area contributed by atoms with Gasteiger partial charge in [0.2, 0.25) is 0 Å². The van der Waals surface area contributed by atoms with Gasteiger partial charge in [-0.15, -0.1) is 0 Å². The molecule has 0 unspecified atom stereocenters. The standard InChI is InChI=1S/C34H34O6/c35-32-25-30(21-22-31(32)33(36)26-13-7-5-8-14-26)39-24-12-4-2-1-3-11-23-38-28-19-17-27(18-20-28)34(37)40-29-15-9-6-10-16-29/h5-10,13-22,25,35H,1-4,11-12,23-24H2. The lowest BCUT2D eigenvalue weighted by Crippen LogP contribution is -2.08. The number of unbranched alkanes of at least 4 members (excludes halogenated alkanes) is 5. The van der Waals surface area contributed by atoms with Gasteiger partial charge < -0.3 is 19.3 Å². The van der Waals surface area contributed by atoms with Gasteiger partial charge in [-0.2, -0.15) is 0 Å². The molecular formula is C34H34O6. The van der Waals surface area contributed by atoms with Crippen molar-refractivity contribution in [3.8, 4) is 23.0 Å². The van der Waals surface area contributed by atoms with E-state index in [9.17, 15) is 14.7 Å². The van der Waals surface area contributed by atoms with E-state index in [1.165, 1.54) is 6.07 Å². The number of carbonyl (C=O) groups is 2. The zero-order valence-electron chi connectivity index (χ0n) is 22.5. The topological polar surface area (TPSA) is 82.1 Å². The lowest BCUT2D eigenvalue weighted by atomic mass is 10.0. The number of carbonyl (C=O) groups excluding carboxylic acids is 2. The van der Waals surface area contributed by atoms with Crippen LogP contribution in [0.2, 0.25) is 0 Å². The largest absolute Gasteiger partial charge is 0.507 e. The van der Waals surface area contributed by atoms with E-state index in [1.54, 1.807) is 72.8 Å². The molecule has 4 rings (SSSR count). The molecule has 0 heterocycles. The van der Waals surface area contributed by atoms with Crippen LogP contribution in [0.1, 0.15) is 64.8 Å². The maximum Gasteiger partial charge on any atom is 0.343 e. The Morgan fingerprint density at radius 2 is 1.10 bits per heavy atom. The molecule has 1 N–H and O–H groups in total. The van der Waals surface area contributed by atoms with E-state index in [0.717, 1.165) is 44.3 Å². The molecule has 0 saturated heterocycles. The zero-order valence-corrected chi connectivity index (χ0v) is 22.5. The molecule has 0 fully saturated rings. The second-order valence-corrected chi connectivity index (χ2v) is 9.42. The number of para-hydroxylation sites is 1. The van der Waals surface area contributed by atoms with Gasteiger partial charge in [0.05, 0.1) is 24.3 Å². The van der Waals surface area contributed by atoms with Crippen molar-refractivity contribution < 1.29 is 28.9 Å². The molecule has 0 bridgehead atoms. The van der Waals surface area contributed by atoms with E-state index in [0.29, 0.717) is 35.8 Å². The van der Waals surface area contributed by atoms with Crippen LogP contribution in [0.15, 0.2) is 103 Å². The Bertz CT molecular complexity index is 1350. The van der Waals surface area contributed by atoms with Crippen molar-refractivity contribution in [2.45, 2.75) is 38.5 Å². The minimum Gasteiger partial charge on any atom is -0.507 e. The molecule has 0 aliphatic carbocycles. The Morgan fingerprint density at radius 1 is 0.550 bits per heavy atom. The molecule has 6 nitrogen and oxygen atoms in total. The number of esters is 1. The average molecular weight is 539 g/mol. The van der Waals surface area contributed by atoms with Crippen LogP contribution in [-0.4, -0.2) is 30.1 Å². The number of aromatic hydroxyl groups is 1. The first-order valence-corrected chi connectivity index (χ1v) is 13.7. The van der Waals surface area contributed by atoms with Gasteiger partial charge >= 0.3 is 5.97 Å². The number of rotatable bonds is 15. The molecule has 0 aromatic heterocycles. The van der Waals surface area contributed by atoms with Crippen LogP contribution in [0.5, 0.6) is 23.0 Å². The number of hydrogen-bond donors (Lipinski definition) is 1. The Balaban J connectivity index is 1.04. The molecule has 0 spiro atoms. The van der Waals surface area contributed by atoms with Crippen molar-refractivity contribution in [3.63, 3.8) is 0 Å². The predicted molar refractivity (Wildman–Crippen MR) is 155 cm³/mol. The smallest absolute Gasteiger partial charge is 0.343 e. The Labute approximate surface area is 235 Å². The van der Waals surface area contributed by atoms with Gasteiger partial charge in [-0.3, -0.25) is 4.79 Å². The van der Waals surface area contributed by atoms with Crippen LogP contribution in [0.4, 0.5) is 0 Å². The van der Waals surface area contributed by atoms with E-state index in [1.807, 2.05) is 24.3 Å². The second kappa shape index (κ2) is 15.1. The normalized spacial score (nSPS) is 10.6. The first kappa shape index (κ1) is 28.4. The minimum absolute atomic E-state index is 0.0740. The first-order chi connectivity index (χ1) is 19.6. The lowest BCUT2D eigenvalue weighted by molar-refractivity contribution is 0.0734. The van der Waals surface area contributed by atoms with Crippen molar-refractivity contribution in [2.24, 2.45) is 0 Å².